The van der Waals surface area contributed by atoms with E-state index in [2.05, 4.69) is 25.7 Å². The average Bonchev–Trinajstić information content (AvgIpc) is 2.35. The molecule has 0 saturated carbocycles. The molecule has 0 radical (unpaired) electrons. The maximum Gasteiger partial charge on any atom is 0.323 e. The van der Waals surface area contributed by atoms with Gasteiger partial charge in [0.1, 0.15) is 13.1 Å². The standard InChI is InChI=1S/C13H23N3O5/c1-13(2,3)16-6-4-14(5-7-16)12(21)15(8-10(17)18)9-11(19)20/h4-9H2,1-3H3,(H,17,18)(H,19,20). The second-order valence-electron chi connectivity index (χ2n) is 6.07. The van der Waals surface area contributed by atoms with Gasteiger partial charge in [0.2, 0.25) is 0 Å². The van der Waals surface area contributed by atoms with Crippen LogP contribution in [-0.4, -0.2) is 87.7 Å². The van der Waals surface area contributed by atoms with E-state index in [9.17, 15) is 14.4 Å². The van der Waals surface area contributed by atoms with Gasteiger partial charge >= 0.3 is 18.0 Å². The molecule has 0 atom stereocenters. The topological polar surface area (TPSA) is 101 Å². The Morgan fingerprint density at radius 1 is 0.952 bits per heavy atom. The number of carbonyl (C=O) groups is 3. The molecule has 120 valence electrons. The molecule has 1 heterocycles. The minimum absolute atomic E-state index is 0.0109. The lowest BCUT2D eigenvalue weighted by Gasteiger charge is -2.43. The van der Waals surface area contributed by atoms with Gasteiger partial charge in [-0.25, -0.2) is 4.79 Å². The lowest BCUT2D eigenvalue weighted by molar-refractivity contribution is -0.140. The first-order valence-electron chi connectivity index (χ1n) is 6.83. The molecule has 8 heteroatoms. The number of amides is 2. The Kier molecular flexibility index (Phi) is 5.54. The maximum atomic E-state index is 12.2. The summed E-state index contributed by atoms with van der Waals surface area (Å²) in [6.45, 7) is 7.35. The van der Waals surface area contributed by atoms with Crippen molar-refractivity contribution in [3.63, 3.8) is 0 Å². The zero-order chi connectivity index (χ0) is 16.2. The van der Waals surface area contributed by atoms with Crippen LogP contribution in [0.25, 0.3) is 0 Å². The predicted octanol–water partition coefficient (Wildman–Crippen LogP) is -0.00630. The molecule has 1 aliphatic heterocycles. The van der Waals surface area contributed by atoms with Gasteiger partial charge < -0.3 is 20.0 Å². The quantitative estimate of drug-likeness (QED) is 0.757. The molecule has 8 nitrogen and oxygen atoms in total. The molecule has 0 bridgehead atoms. The van der Waals surface area contributed by atoms with Crippen LogP contribution in [-0.2, 0) is 9.59 Å². The minimum atomic E-state index is -1.22. The highest BCUT2D eigenvalue weighted by atomic mass is 16.4. The van der Waals surface area contributed by atoms with E-state index in [1.807, 2.05) is 0 Å². The molecule has 0 aromatic carbocycles. The highest BCUT2D eigenvalue weighted by Gasteiger charge is 2.31. The molecule has 2 amide bonds. The van der Waals surface area contributed by atoms with Crippen LogP contribution in [0.15, 0.2) is 0 Å². The van der Waals surface area contributed by atoms with Crippen molar-refractivity contribution in [3.8, 4) is 0 Å². The van der Waals surface area contributed by atoms with Gasteiger partial charge in [0.05, 0.1) is 0 Å². The monoisotopic (exact) mass is 301 g/mol. The van der Waals surface area contributed by atoms with Gasteiger partial charge in [-0.05, 0) is 20.8 Å². The molecule has 21 heavy (non-hydrogen) atoms. The van der Waals surface area contributed by atoms with Crippen molar-refractivity contribution in [1.82, 2.24) is 14.7 Å². The molecule has 0 aliphatic carbocycles. The molecule has 0 aromatic heterocycles. The van der Waals surface area contributed by atoms with Gasteiger partial charge in [-0.2, -0.15) is 0 Å². The van der Waals surface area contributed by atoms with Crippen LogP contribution in [0.3, 0.4) is 0 Å². The van der Waals surface area contributed by atoms with Crippen LogP contribution in [0.4, 0.5) is 4.79 Å². The van der Waals surface area contributed by atoms with E-state index in [-0.39, 0.29) is 5.54 Å². The summed E-state index contributed by atoms with van der Waals surface area (Å²) >= 11 is 0. The molecule has 0 unspecified atom stereocenters. The summed E-state index contributed by atoms with van der Waals surface area (Å²) in [5.41, 5.74) is 0.0109. The Bertz CT molecular complexity index is 395. The van der Waals surface area contributed by atoms with Gasteiger partial charge in [-0.1, -0.05) is 0 Å². The lowest BCUT2D eigenvalue weighted by Crippen LogP contribution is -2.57. The number of urea groups is 1. The van der Waals surface area contributed by atoms with Crippen LogP contribution in [0.2, 0.25) is 0 Å². The summed E-state index contributed by atoms with van der Waals surface area (Å²) < 4.78 is 0. The van der Waals surface area contributed by atoms with Gasteiger partial charge in [-0.15, -0.1) is 0 Å². The van der Waals surface area contributed by atoms with Crippen LogP contribution in [0, 0.1) is 0 Å². The summed E-state index contributed by atoms with van der Waals surface area (Å²) in [5, 5.41) is 17.6. The molecule has 0 spiro atoms. The largest absolute Gasteiger partial charge is 0.480 e. The van der Waals surface area contributed by atoms with Crippen LogP contribution >= 0.6 is 0 Å². The molecule has 1 rings (SSSR count). The van der Waals surface area contributed by atoms with Crippen LogP contribution in [0.5, 0.6) is 0 Å². The third-order valence-electron chi connectivity index (χ3n) is 3.42. The number of carboxylic acids is 2. The van der Waals surface area contributed by atoms with Crippen molar-refractivity contribution in [2.75, 3.05) is 39.3 Å². The third-order valence-corrected chi connectivity index (χ3v) is 3.42. The fourth-order valence-electron chi connectivity index (χ4n) is 2.29. The van der Waals surface area contributed by atoms with E-state index in [1.165, 1.54) is 4.90 Å². The Labute approximate surface area is 123 Å². The minimum Gasteiger partial charge on any atom is -0.480 e. The molecular formula is C13H23N3O5. The van der Waals surface area contributed by atoms with E-state index in [0.29, 0.717) is 26.2 Å². The number of carboxylic acid groups (broad SMARTS) is 2. The highest BCUT2D eigenvalue weighted by molar-refractivity contribution is 5.84. The second kappa shape index (κ2) is 6.75. The number of hydrogen-bond donors (Lipinski definition) is 2. The number of aliphatic carboxylic acids is 2. The normalized spacial score (nSPS) is 16.6. The van der Waals surface area contributed by atoms with Crippen LogP contribution in [0.1, 0.15) is 20.8 Å². The van der Waals surface area contributed by atoms with Gasteiger partial charge in [0.25, 0.3) is 0 Å². The summed E-state index contributed by atoms with van der Waals surface area (Å²) in [6.07, 6.45) is 0. The van der Waals surface area contributed by atoms with Crippen molar-refractivity contribution in [2.45, 2.75) is 26.3 Å². The predicted molar refractivity (Wildman–Crippen MR) is 75.1 cm³/mol. The Morgan fingerprint density at radius 3 is 1.71 bits per heavy atom. The highest BCUT2D eigenvalue weighted by Crippen LogP contribution is 2.16. The zero-order valence-electron chi connectivity index (χ0n) is 12.7. The smallest absolute Gasteiger partial charge is 0.323 e. The zero-order valence-corrected chi connectivity index (χ0v) is 12.7. The number of piperazine rings is 1. The van der Waals surface area contributed by atoms with Gasteiger partial charge in [0.15, 0.2) is 0 Å². The second-order valence-corrected chi connectivity index (χ2v) is 6.07. The first kappa shape index (κ1) is 17.2. The average molecular weight is 301 g/mol. The van der Waals surface area contributed by atoms with Crippen molar-refractivity contribution in [2.24, 2.45) is 0 Å². The molecular weight excluding hydrogens is 278 g/mol. The Balaban J connectivity index is 2.65. The number of hydrogen-bond acceptors (Lipinski definition) is 4. The Hall–Kier alpha value is -1.83. The summed E-state index contributed by atoms with van der Waals surface area (Å²) in [7, 11) is 0. The molecule has 2 N–H and O–H groups in total. The fraction of sp³-hybridized carbons (Fsp3) is 0.769. The van der Waals surface area contributed by atoms with E-state index < -0.39 is 31.1 Å². The van der Waals surface area contributed by atoms with E-state index >= 15 is 0 Å². The third kappa shape index (κ3) is 5.22. The molecule has 0 aromatic rings. The summed E-state index contributed by atoms with van der Waals surface area (Å²) in [5.74, 6) is -2.45. The van der Waals surface area contributed by atoms with E-state index in [0.717, 1.165) is 4.90 Å². The Morgan fingerprint density at radius 2 is 1.38 bits per heavy atom. The number of rotatable bonds is 4. The van der Waals surface area contributed by atoms with E-state index in [4.69, 9.17) is 10.2 Å². The van der Waals surface area contributed by atoms with Gasteiger partial charge in [0, 0.05) is 31.7 Å². The molecule has 1 aliphatic rings. The van der Waals surface area contributed by atoms with Crippen molar-refractivity contribution < 1.29 is 24.6 Å². The number of nitrogens with zero attached hydrogens (tertiary/aromatic N) is 3. The summed E-state index contributed by atoms with van der Waals surface area (Å²) in [4.78, 5) is 38.3. The van der Waals surface area contributed by atoms with Crippen LogP contribution < -0.4 is 0 Å². The van der Waals surface area contributed by atoms with Crippen molar-refractivity contribution in [1.29, 1.82) is 0 Å². The lowest BCUT2D eigenvalue weighted by atomic mass is 10.1. The first-order valence-corrected chi connectivity index (χ1v) is 6.83. The maximum absolute atomic E-state index is 12.2. The van der Waals surface area contributed by atoms with E-state index in [1.54, 1.807) is 0 Å². The molecule has 1 saturated heterocycles. The summed E-state index contributed by atoms with van der Waals surface area (Å²) in [6, 6.07) is -0.534. The first-order chi connectivity index (χ1) is 9.61. The van der Waals surface area contributed by atoms with Crippen molar-refractivity contribution in [3.05, 3.63) is 0 Å². The SMILES string of the molecule is CC(C)(C)N1CCN(C(=O)N(CC(=O)O)CC(=O)O)CC1. The molecule has 1 fully saturated rings. The van der Waals surface area contributed by atoms with Gasteiger partial charge in [-0.3, -0.25) is 14.5 Å². The number of carbonyl (C=O) groups excluding carboxylic acids is 1. The fourth-order valence-corrected chi connectivity index (χ4v) is 2.29. The van der Waals surface area contributed by atoms with Crippen molar-refractivity contribution >= 4 is 18.0 Å².